The van der Waals surface area contributed by atoms with Gasteiger partial charge >= 0.3 is 12.1 Å². The van der Waals surface area contributed by atoms with Crippen molar-refractivity contribution in [1.82, 2.24) is 0 Å². The monoisotopic (exact) mass is 388 g/mol. The molecule has 150 valence electrons. The number of carbonyl (C=O) groups is 2. The van der Waals surface area contributed by atoms with Crippen molar-refractivity contribution in [1.29, 1.82) is 0 Å². The quantitative estimate of drug-likeness (QED) is 0.786. The number of benzene rings is 1. The van der Waals surface area contributed by atoms with E-state index in [-0.39, 0.29) is 5.69 Å². The summed E-state index contributed by atoms with van der Waals surface area (Å²) in [5.41, 5.74) is -0.396. The Bertz CT molecular complexity index is 686. The van der Waals surface area contributed by atoms with Gasteiger partial charge in [0.25, 0.3) is 5.91 Å². The van der Waals surface area contributed by atoms with Crippen LogP contribution in [0.15, 0.2) is 18.2 Å². The number of halogens is 3. The smallest absolute Gasteiger partial charge is 0.416 e. The lowest BCUT2D eigenvalue weighted by molar-refractivity contribution is -0.156. The predicted molar refractivity (Wildman–Crippen MR) is 93.5 cm³/mol. The van der Waals surface area contributed by atoms with Crippen LogP contribution in [0.25, 0.3) is 0 Å². The lowest BCUT2D eigenvalue weighted by Crippen LogP contribution is -2.37. The zero-order valence-electron chi connectivity index (χ0n) is 15.4. The van der Waals surface area contributed by atoms with Crippen molar-refractivity contribution in [3.05, 3.63) is 23.8 Å². The summed E-state index contributed by atoms with van der Waals surface area (Å²) in [5.74, 6) is -1.68. The molecule has 1 heterocycles. The topological polar surface area (TPSA) is 67.9 Å². The van der Waals surface area contributed by atoms with E-state index < -0.39 is 35.6 Å². The fourth-order valence-corrected chi connectivity index (χ4v) is 2.49. The molecular formula is C18H23F3N2O4. The predicted octanol–water partition coefficient (Wildman–Crippen LogP) is 3.07. The molecule has 1 N–H and O–H groups in total. The second-order valence-corrected chi connectivity index (χ2v) is 6.55. The average Bonchev–Trinajstić information content (AvgIpc) is 2.61. The molecule has 0 bridgehead atoms. The number of hydrogen-bond acceptors (Lipinski definition) is 5. The highest BCUT2D eigenvalue weighted by Gasteiger charge is 2.32. The molecule has 1 aromatic carbocycles. The third kappa shape index (κ3) is 5.59. The summed E-state index contributed by atoms with van der Waals surface area (Å²) in [5, 5.41) is 2.47. The summed E-state index contributed by atoms with van der Waals surface area (Å²) >= 11 is 0. The Morgan fingerprint density at radius 2 is 1.81 bits per heavy atom. The molecule has 1 fully saturated rings. The number of hydrogen-bond donors (Lipinski definition) is 1. The number of amides is 1. The minimum Gasteiger partial charge on any atom is -0.452 e. The molecule has 0 saturated carbocycles. The van der Waals surface area contributed by atoms with Crippen molar-refractivity contribution in [2.75, 3.05) is 36.5 Å². The lowest BCUT2D eigenvalue weighted by Gasteiger charge is -2.31. The van der Waals surface area contributed by atoms with Crippen molar-refractivity contribution < 1.29 is 32.2 Å². The Hall–Kier alpha value is -2.29. The first-order chi connectivity index (χ1) is 12.6. The maximum absolute atomic E-state index is 13.1. The van der Waals surface area contributed by atoms with Gasteiger partial charge in [-0.1, -0.05) is 13.8 Å². The molecule has 6 nitrogen and oxygen atoms in total. The number of nitrogens with one attached hydrogen (secondary N) is 1. The number of morpholine rings is 1. The maximum atomic E-state index is 13.1. The van der Waals surface area contributed by atoms with Crippen LogP contribution >= 0.6 is 0 Å². The summed E-state index contributed by atoms with van der Waals surface area (Å²) < 4.78 is 49.5. The van der Waals surface area contributed by atoms with Crippen LogP contribution < -0.4 is 10.2 Å². The first-order valence-electron chi connectivity index (χ1n) is 8.65. The molecule has 1 atom stereocenters. The highest BCUT2D eigenvalue weighted by atomic mass is 19.4. The van der Waals surface area contributed by atoms with Crippen molar-refractivity contribution in [2.45, 2.75) is 33.1 Å². The minimum absolute atomic E-state index is 0.0178. The van der Waals surface area contributed by atoms with Crippen LogP contribution in [0.3, 0.4) is 0 Å². The Labute approximate surface area is 155 Å². The van der Waals surface area contributed by atoms with E-state index in [4.69, 9.17) is 9.47 Å². The van der Waals surface area contributed by atoms with Gasteiger partial charge in [0.2, 0.25) is 0 Å². The normalized spacial score (nSPS) is 16.2. The Morgan fingerprint density at radius 1 is 1.19 bits per heavy atom. The van der Waals surface area contributed by atoms with E-state index in [0.29, 0.717) is 32.0 Å². The summed E-state index contributed by atoms with van der Waals surface area (Å²) in [6.45, 7) is 6.48. The number of rotatable bonds is 5. The number of esters is 1. The number of nitrogens with zero attached hydrogens (tertiary/aromatic N) is 1. The largest absolute Gasteiger partial charge is 0.452 e. The van der Waals surface area contributed by atoms with Crippen LogP contribution in [-0.2, 0) is 25.2 Å². The number of anilines is 2. The van der Waals surface area contributed by atoms with Gasteiger partial charge in [-0.15, -0.1) is 0 Å². The lowest BCUT2D eigenvalue weighted by atomic mass is 10.1. The molecular weight excluding hydrogens is 365 g/mol. The molecule has 0 aliphatic carbocycles. The standard InChI is InChI=1S/C18H23F3N2O4/c1-11(2)17(25)27-12(3)16(24)22-14-10-13(18(19,20)21)4-5-15(14)23-6-8-26-9-7-23/h4-5,10-12H,6-9H2,1-3H3,(H,22,24). The number of ether oxygens (including phenoxy) is 2. The van der Waals surface area contributed by atoms with Gasteiger partial charge in [-0.3, -0.25) is 9.59 Å². The van der Waals surface area contributed by atoms with Gasteiger partial charge in [0.1, 0.15) is 0 Å². The average molecular weight is 388 g/mol. The molecule has 2 rings (SSSR count). The molecule has 1 saturated heterocycles. The maximum Gasteiger partial charge on any atom is 0.416 e. The molecule has 0 aromatic heterocycles. The second-order valence-electron chi connectivity index (χ2n) is 6.55. The summed E-state index contributed by atoms with van der Waals surface area (Å²) in [4.78, 5) is 25.8. The molecule has 0 radical (unpaired) electrons. The van der Waals surface area contributed by atoms with Crippen molar-refractivity contribution >= 4 is 23.3 Å². The van der Waals surface area contributed by atoms with E-state index in [1.807, 2.05) is 4.90 Å². The third-order valence-corrected chi connectivity index (χ3v) is 4.07. The van der Waals surface area contributed by atoms with Crippen LogP contribution in [0.1, 0.15) is 26.3 Å². The fraction of sp³-hybridized carbons (Fsp3) is 0.556. The second kappa shape index (κ2) is 8.60. The van der Waals surface area contributed by atoms with Gasteiger partial charge in [-0.25, -0.2) is 0 Å². The van der Waals surface area contributed by atoms with Gasteiger partial charge < -0.3 is 19.7 Å². The highest BCUT2D eigenvalue weighted by Crippen LogP contribution is 2.35. The van der Waals surface area contributed by atoms with Crippen molar-refractivity contribution in [3.63, 3.8) is 0 Å². The number of carbonyl (C=O) groups excluding carboxylic acids is 2. The first-order valence-corrected chi connectivity index (χ1v) is 8.65. The van der Waals surface area contributed by atoms with E-state index in [0.717, 1.165) is 12.1 Å². The van der Waals surface area contributed by atoms with Crippen LogP contribution in [0.4, 0.5) is 24.5 Å². The molecule has 1 aliphatic rings. The zero-order chi connectivity index (χ0) is 20.2. The third-order valence-electron chi connectivity index (χ3n) is 4.07. The van der Waals surface area contributed by atoms with E-state index in [1.54, 1.807) is 13.8 Å². The Kier molecular flexibility index (Phi) is 6.69. The molecule has 1 aliphatic heterocycles. The van der Waals surface area contributed by atoms with E-state index in [9.17, 15) is 22.8 Å². The van der Waals surface area contributed by atoms with E-state index in [2.05, 4.69) is 5.32 Å². The van der Waals surface area contributed by atoms with Crippen LogP contribution in [0.5, 0.6) is 0 Å². The summed E-state index contributed by atoms with van der Waals surface area (Å²) in [6, 6.07) is 3.19. The van der Waals surface area contributed by atoms with Gasteiger partial charge in [-0.2, -0.15) is 13.2 Å². The molecule has 27 heavy (non-hydrogen) atoms. The van der Waals surface area contributed by atoms with Gasteiger partial charge in [0.05, 0.1) is 36.1 Å². The summed E-state index contributed by atoms with van der Waals surface area (Å²) in [6.07, 6.45) is -5.68. The molecule has 1 aromatic rings. The first kappa shape index (κ1) is 21.0. The molecule has 0 spiro atoms. The van der Waals surface area contributed by atoms with Gasteiger partial charge in [-0.05, 0) is 25.1 Å². The van der Waals surface area contributed by atoms with Crippen LogP contribution in [0, 0.1) is 5.92 Å². The van der Waals surface area contributed by atoms with E-state index >= 15 is 0 Å². The van der Waals surface area contributed by atoms with Crippen molar-refractivity contribution in [2.24, 2.45) is 5.92 Å². The zero-order valence-corrected chi connectivity index (χ0v) is 15.4. The molecule has 1 amide bonds. The Morgan fingerprint density at radius 3 is 2.37 bits per heavy atom. The van der Waals surface area contributed by atoms with Gasteiger partial charge in [0, 0.05) is 13.1 Å². The molecule has 9 heteroatoms. The SMILES string of the molecule is CC(C)C(=O)OC(C)C(=O)Nc1cc(C(F)(F)F)ccc1N1CCOCC1. The van der Waals surface area contributed by atoms with Crippen molar-refractivity contribution in [3.8, 4) is 0 Å². The van der Waals surface area contributed by atoms with Gasteiger partial charge in [0.15, 0.2) is 6.10 Å². The molecule has 1 unspecified atom stereocenters. The minimum atomic E-state index is -4.54. The Balaban J connectivity index is 2.25. The van der Waals surface area contributed by atoms with Crippen LogP contribution in [-0.4, -0.2) is 44.3 Å². The fourth-order valence-electron chi connectivity index (χ4n) is 2.49. The summed E-state index contributed by atoms with van der Waals surface area (Å²) in [7, 11) is 0. The van der Waals surface area contributed by atoms with E-state index in [1.165, 1.54) is 13.0 Å². The highest BCUT2D eigenvalue weighted by molar-refractivity contribution is 5.98. The number of alkyl halides is 3. The van der Waals surface area contributed by atoms with Crippen LogP contribution in [0.2, 0.25) is 0 Å².